The third kappa shape index (κ3) is 5.96. The van der Waals surface area contributed by atoms with Gasteiger partial charge in [-0.1, -0.05) is 12.1 Å². The molecular weight excluding hydrogens is 466 g/mol. The summed E-state index contributed by atoms with van der Waals surface area (Å²) in [6.45, 7) is 2.91. The van der Waals surface area contributed by atoms with Crippen molar-refractivity contribution in [2.75, 3.05) is 11.4 Å². The number of nitro benzene ring substituents is 2. The Morgan fingerprint density at radius 1 is 0.941 bits per heavy atom. The van der Waals surface area contributed by atoms with Gasteiger partial charge in [-0.15, -0.1) is 5.11 Å². The molecule has 0 unspecified atom stereocenters. The molecule has 34 heavy (non-hydrogen) atoms. The Bertz CT molecular complexity index is 1360. The van der Waals surface area contributed by atoms with Crippen molar-refractivity contribution >= 4 is 38.6 Å². The van der Waals surface area contributed by atoms with Crippen molar-refractivity contribution in [3.05, 3.63) is 92.5 Å². The van der Waals surface area contributed by atoms with Crippen molar-refractivity contribution in [2.45, 2.75) is 18.4 Å². The maximum Gasteiger partial charge on any atom is 0.303 e. The molecule has 3 aromatic carbocycles. The van der Waals surface area contributed by atoms with E-state index in [0.29, 0.717) is 24.3 Å². The smallest absolute Gasteiger partial charge is 0.303 e. The van der Waals surface area contributed by atoms with Crippen molar-refractivity contribution < 1.29 is 22.8 Å². The Kier molecular flexibility index (Phi) is 7.28. The van der Waals surface area contributed by atoms with Crippen molar-refractivity contribution in [3.8, 4) is 0 Å². The molecule has 0 atom stereocenters. The van der Waals surface area contributed by atoms with Crippen LogP contribution in [0.5, 0.6) is 0 Å². The quantitative estimate of drug-likeness (QED) is 0.187. The van der Waals surface area contributed by atoms with Crippen molar-refractivity contribution in [1.29, 1.82) is 0 Å². The van der Waals surface area contributed by atoms with E-state index in [0.717, 1.165) is 23.9 Å². The zero-order valence-electron chi connectivity index (χ0n) is 17.8. The second-order valence-electron chi connectivity index (χ2n) is 7.04. The summed E-state index contributed by atoms with van der Waals surface area (Å²) in [5.74, 6) is 0. The first-order valence-corrected chi connectivity index (χ1v) is 11.3. The summed E-state index contributed by atoms with van der Waals surface area (Å²) in [7, 11) is -4.30. The van der Waals surface area contributed by atoms with Crippen LogP contribution in [-0.2, 0) is 16.7 Å². The monoisotopic (exact) mass is 485 g/mol. The molecule has 176 valence electrons. The third-order valence-corrected chi connectivity index (χ3v) is 5.66. The van der Waals surface area contributed by atoms with Crippen molar-refractivity contribution in [3.63, 3.8) is 0 Å². The SMILES string of the molecule is CCN(Cc1cccc(S(=O)(=O)O)c1)c1ccc(N=Nc2ccc([N+](=O)[O-])cc2[N+](=O)[O-])cc1. The number of rotatable bonds is 9. The van der Waals surface area contributed by atoms with E-state index < -0.39 is 31.3 Å². The Hall–Kier alpha value is -4.23. The van der Waals surface area contributed by atoms with Gasteiger partial charge in [0.25, 0.3) is 15.8 Å². The Morgan fingerprint density at radius 3 is 2.24 bits per heavy atom. The largest absolute Gasteiger partial charge is 0.367 e. The number of anilines is 1. The van der Waals surface area contributed by atoms with E-state index in [1.54, 1.807) is 36.4 Å². The molecule has 0 spiro atoms. The Morgan fingerprint density at radius 2 is 1.65 bits per heavy atom. The number of hydrogen-bond donors (Lipinski definition) is 1. The molecule has 0 aliphatic heterocycles. The molecule has 3 aromatic rings. The lowest BCUT2D eigenvalue weighted by Crippen LogP contribution is -2.22. The highest BCUT2D eigenvalue weighted by Crippen LogP contribution is 2.32. The lowest BCUT2D eigenvalue weighted by atomic mass is 10.2. The zero-order chi connectivity index (χ0) is 24.9. The fourth-order valence-electron chi connectivity index (χ4n) is 3.11. The van der Waals surface area contributed by atoms with Gasteiger partial charge >= 0.3 is 5.69 Å². The van der Waals surface area contributed by atoms with Gasteiger partial charge in [0.2, 0.25) is 0 Å². The molecule has 0 heterocycles. The maximum absolute atomic E-state index is 11.4. The molecule has 12 nitrogen and oxygen atoms in total. The summed E-state index contributed by atoms with van der Waals surface area (Å²) >= 11 is 0. The first kappa shape index (κ1) is 24.4. The average molecular weight is 485 g/mol. The van der Waals surface area contributed by atoms with Gasteiger partial charge in [-0.25, -0.2) is 0 Å². The van der Waals surface area contributed by atoms with Crippen LogP contribution in [0.4, 0.5) is 28.4 Å². The molecule has 0 amide bonds. The number of non-ortho nitro benzene ring substituents is 1. The minimum Gasteiger partial charge on any atom is -0.367 e. The van der Waals surface area contributed by atoms with E-state index in [4.69, 9.17) is 0 Å². The second kappa shape index (κ2) is 10.1. The highest BCUT2D eigenvalue weighted by molar-refractivity contribution is 7.85. The maximum atomic E-state index is 11.4. The fourth-order valence-corrected chi connectivity index (χ4v) is 3.66. The molecule has 0 saturated heterocycles. The minimum atomic E-state index is -4.30. The molecule has 0 aromatic heterocycles. The molecular formula is C21H19N5O7S. The average Bonchev–Trinajstić information content (AvgIpc) is 2.81. The summed E-state index contributed by atoms with van der Waals surface area (Å²) in [4.78, 5) is 22.3. The number of azo groups is 1. The summed E-state index contributed by atoms with van der Waals surface area (Å²) in [6.07, 6.45) is 0. The normalized spacial score (nSPS) is 11.5. The van der Waals surface area contributed by atoms with Crippen LogP contribution >= 0.6 is 0 Å². The van der Waals surface area contributed by atoms with Gasteiger partial charge in [0.05, 0.1) is 26.5 Å². The molecule has 0 aliphatic rings. The van der Waals surface area contributed by atoms with Gasteiger partial charge in [-0.05, 0) is 55.0 Å². The Balaban J connectivity index is 1.79. The predicted molar refractivity (Wildman–Crippen MR) is 123 cm³/mol. The first-order chi connectivity index (χ1) is 16.1. The van der Waals surface area contributed by atoms with Gasteiger partial charge < -0.3 is 4.90 Å². The van der Waals surface area contributed by atoms with Gasteiger partial charge in [-0.2, -0.15) is 13.5 Å². The van der Waals surface area contributed by atoms with Crippen LogP contribution in [0.2, 0.25) is 0 Å². The lowest BCUT2D eigenvalue weighted by Gasteiger charge is -2.23. The molecule has 0 aliphatic carbocycles. The highest BCUT2D eigenvalue weighted by atomic mass is 32.2. The molecule has 3 rings (SSSR count). The van der Waals surface area contributed by atoms with E-state index in [1.807, 2.05) is 11.8 Å². The molecule has 0 radical (unpaired) electrons. The van der Waals surface area contributed by atoms with Gasteiger partial charge in [0, 0.05) is 24.8 Å². The van der Waals surface area contributed by atoms with Gasteiger partial charge in [-0.3, -0.25) is 24.8 Å². The molecule has 0 saturated carbocycles. The number of nitrogens with zero attached hydrogens (tertiary/aromatic N) is 5. The van der Waals surface area contributed by atoms with Gasteiger partial charge in [0.15, 0.2) is 5.69 Å². The standard InChI is InChI=1S/C21H19N5O7S/c1-2-24(14-15-4-3-5-19(12-15)34(31,32)33)17-8-6-16(7-9-17)22-23-20-11-10-18(25(27)28)13-21(20)26(29)30/h3-13H,2,14H2,1H3,(H,31,32,33). The Labute approximate surface area is 194 Å². The summed E-state index contributed by atoms with van der Waals surface area (Å²) in [6, 6.07) is 15.9. The zero-order valence-corrected chi connectivity index (χ0v) is 18.6. The fraction of sp³-hybridized carbons (Fsp3) is 0.143. The second-order valence-corrected chi connectivity index (χ2v) is 8.46. The third-order valence-electron chi connectivity index (χ3n) is 4.81. The topological polar surface area (TPSA) is 169 Å². The van der Waals surface area contributed by atoms with E-state index in [1.165, 1.54) is 12.1 Å². The molecule has 13 heteroatoms. The first-order valence-electron chi connectivity index (χ1n) is 9.84. The van der Waals surface area contributed by atoms with Crippen molar-refractivity contribution in [2.24, 2.45) is 10.2 Å². The van der Waals surface area contributed by atoms with Crippen LogP contribution in [0.15, 0.2) is 81.9 Å². The lowest BCUT2D eigenvalue weighted by molar-refractivity contribution is -0.393. The van der Waals surface area contributed by atoms with Crippen LogP contribution in [0, 0.1) is 20.2 Å². The number of hydrogen-bond acceptors (Lipinski definition) is 9. The minimum absolute atomic E-state index is 0.117. The predicted octanol–water partition coefficient (Wildman–Crippen LogP) is 5.19. The van der Waals surface area contributed by atoms with Crippen molar-refractivity contribution in [1.82, 2.24) is 0 Å². The van der Waals surface area contributed by atoms with E-state index in [2.05, 4.69) is 10.2 Å². The van der Waals surface area contributed by atoms with Crippen LogP contribution in [0.1, 0.15) is 12.5 Å². The summed E-state index contributed by atoms with van der Waals surface area (Å²) < 4.78 is 32.0. The van der Waals surface area contributed by atoms with Crippen LogP contribution < -0.4 is 4.90 Å². The molecule has 1 N–H and O–H groups in total. The summed E-state index contributed by atoms with van der Waals surface area (Å²) in [5.41, 5.74) is 0.830. The number of nitro groups is 2. The van der Waals surface area contributed by atoms with E-state index in [-0.39, 0.29) is 10.6 Å². The van der Waals surface area contributed by atoms with Crippen LogP contribution in [0.25, 0.3) is 0 Å². The van der Waals surface area contributed by atoms with Gasteiger partial charge in [0.1, 0.15) is 0 Å². The summed E-state index contributed by atoms with van der Waals surface area (Å²) in [5, 5.41) is 29.9. The molecule has 0 bridgehead atoms. The van der Waals surface area contributed by atoms with E-state index in [9.17, 15) is 33.2 Å². The highest BCUT2D eigenvalue weighted by Gasteiger charge is 2.19. The molecule has 0 fully saturated rings. The number of benzene rings is 3. The van der Waals surface area contributed by atoms with Crippen LogP contribution in [-0.4, -0.2) is 29.4 Å². The van der Waals surface area contributed by atoms with E-state index >= 15 is 0 Å². The van der Waals surface area contributed by atoms with Crippen LogP contribution in [0.3, 0.4) is 0 Å².